The predicted molar refractivity (Wildman–Crippen MR) is 60.6 cm³/mol. The van der Waals surface area contributed by atoms with Crippen LogP contribution in [0.3, 0.4) is 0 Å². The Morgan fingerprint density at radius 2 is 2.20 bits per heavy atom. The van der Waals surface area contributed by atoms with Gasteiger partial charge in [0.05, 0.1) is 4.92 Å². The fourth-order valence-corrected chi connectivity index (χ4v) is 2.44. The van der Waals surface area contributed by atoms with Crippen LogP contribution >= 0.6 is 15.9 Å². The van der Waals surface area contributed by atoms with Gasteiger partial charge < -0.3 is 11.5 Å². The van der Waals surface area contributed by atoms with Crippen molar-refractivity contribution in [2.24, 2.45) is 5.73 Å². The average Bonchev–Trinajstić information content (AvgIpc) is 2.46. The lowest BCUT2D eigenvalue weighted by molar-refractivity contribution is -0.384. The van der Waals surface area contributed by atoms with Gasteiger partial charge in [-0.15, -0.1) is 0 Å². The van der Waals surface area contributed by atoms with Crippen LogP contribution in [0.15, 0.2) is 10.5 Å². The SMILES string of the molecule is Nc1c(Br)cc2c(c1[N+](=O)[O-])C[C@@H](N)C2. The van der Waals surface area contributed by atoms with E-state index < -0.39 is 4.92 Å². The summed E-state index contributed by atoms with van der Waals surface area (Å²) in [7, 11) is 0. The van der Waals surface area contributed by atoms with Crippen LogP contribution in [0.2, 0.25) is 0 Å². The van der Waals surface area contributed by atoms with Gasteiger partial charge in [-0.2, -0.15) is 0 Å². The van der Waals surface area contributed by atoms with Crippen molar-refractivity contribution >= 4 is 27.3 Å². The Hall–Kier alpha value is -1.14. The molecule has 0 amide bonds. The second kappa shape index (κ2) is 3.46. The summed E-state index contributed by atoms with van der Waals surface area (Å²) in [5.74, 6) is 0. The molecule has 0 unspecified atom stereocenters. The third-order valence-corrected chi connectivity index (χ3v) is 3.27. The third-order valence-electron chi connectivity index (χ3n) is 2.62. The highest BCUT2D eigenvalue weighted by molar-refractivity contribution is 9.10. The molecule has 0 aliphatic heterocycles. The summed E-state index contributed by atoms with van der Waals surface area (Å²) >= 11 is 3.22. The number of fused-ring (bicyclic) bond motifs is 1. The van der Waals surface area contributed by atoms with Crippen LogP contribution in [0.1, 0.15) is 11.1 Å². The molecule has 6 heteroatoms. The Kier molecular flexibility index (Phi) is 2.40. The molecule has 0 bridgehead atoms. The average molecular weight is 272 g/mol. The van der Waals surface area contributed by atoms with Gasteiger partial charge in [-0.25, -0.2) is 0 Å². The topological polar surface area (TPSA) is 95.2 Å². The van der Waals surface area contributed by atoms with Crippen LogP contribution in [-0.4, -0.2) is 11.0 Å². The first-order valence-corrected chi connectivity index (χ1v) is 5.29. The second-order valence-corrected chi connectivity index (χ2v) is 4.54. The number of anilines is 1. The first-order chi connectivity index (χ1) is 7.00. The molecule has 1 aliphatic carbocycles. The van der Waals surface area contributed by atoms with Crippen molar-refractivity contribution in [3.63, 3.8) is 0 Å². The Morgan fingerprint density at radius 3 is 2.80 bits per heavy atom. The van der Waals surface area contributed by atoms with Crippen molar-refractivity contribution in [3.05, 3.63) is 31.8 Å². The number of halogens is 1. The number of nitro groups is 1. The minimum Gasteiger partial charge on any atom is -0.392 e. The van der Waals surface area contributed by atoms with Gasteiger partial charge in [0, 0.05) is 16.1 Å². The first kappa shape index (κ1) is 10.4. The fraction of sp³-hybridized carbons (Fsp3) is 0.333. The number of rotatable bonds is 1. The highest BCUT2D eigenvalue weighted by Crippen LogP contribution is 2.39. The van der Waals surface area contributed by atoms with Gasteiger partial charge in [0.1, 0.15) is 5.69 Å². The quantitative estimate of drug-likeness (QED) is 0.458. The van der Waals surface area contributed by atoms with Crippen molar-refractivity contribution in [1.82, 2.24) is 0 Å². The van der Waals surface area contributed by atoms with E-state index in [0.717, 1.165) is 5.56 Å². The number of nitro benzene ring substituents is 1. The van der Waals surface area contributed by atoms with Gasteiger partial charge in [0.15, 0.2) is 0 Å². The molecule has 0 saturated heterocycles. The van der Waals surface area contributed by atoms with Crippen molar-refractivity contribution < 1.29 is 4.92 Å². The minimum absolute atomic E-state index is 0.00678. The Morgan fingerprint density at radius 1 is 1.53 bits per heavy atom. The Bertz CT molecular complexity index is 447. The van der Waals surface area contributed by atoms with Gasteiger partial charge in [0.25, 0.3) is 5.69 Å². The summed E-state index contributed by atoms with van der Waals surface area (Å²) in [5.41, 5.74) is 13.3. The largest absolute Gasteiger partial charge is 0.392 e. The molecule has 1 aromatic carbocycles. The summed E-state index contributed by atoms with van der Waals surface area (Å²) in [6, 6.07) is 1.79. The molecule has 4 N–H and O–H groups in total. The molecule has 1 atom stereocenters. The normalized spacial score (nSPS) is 18.9. The van der Waals surface area contributed by atoms with E-state index in [1.165, 1.54) is 0 Å². The standard InChI is InChI=1S/C9H10BrN3O2/c10-7-2-4-1-5(11)3-6(4)9(8(7)12)13(14)15/h2,5H,1,3,11-12H2/t5-/m0/s1. The molecule has 2 rings (SSSR count). The number of hydrogen-bond acceptors (Lipinski definition) is 4. The van der Waals surface area contributed by atoms with E-state index in [1.807, 2.05) is 6.07 Å². The van der Waals surface area contributed by atoms with E-state index in [9.17, 15) is 10.1 Å². The monoisotopic (exact) mass is 271 g/mol. The number of hydrogen-bond donors (Lipinski definition) is 2. The molecular formula is C9H10BrN3O2. The summed E-state index contributed by atoms with van der Waals surface area (Å²) in [6.07, 6.45) is 1.21. The van der Waals surface area contributed by atoms with Gasteiger partial charge in [-0.05, 0) is 40.4 Å². The molecule has 0 saturated carbocycles. The van der Waals surface area contributed by atoms with Crippen molar-refractivity contribution in [1.29, 1.82) is 0 Å². The number of benzene rings is 1. The van der Waals surface area contributed by atoms with E-state index >= 15 is 0 Å². The van der Waals surface area contributed by atoms with Gasteiger partial charge in [-0.3, -0.25) is 10.1 Å². The van der Waals surface area contributed by atoms with Crippen LogP contribution in [0.5, 0.6) is 0 Å². The van der Waals surface area contributed by atoms with Crippen LogP contribution < -0.4 is 11.5 Å². The molecule has 1 aromatic rings. The van der Waals surface area contributed by atoms with Gasteiger partial charge in [-0.1, -0.05) is 0 Å². The molecular weight excluding hydrogens is 262 g/mol. The molecule has 0 spiro atoms. The highest BCUT2D eigenvalue weighted by Gasteiger charge is 2.30. The van der Waals surface area contributed by atoms with Crippen LogP contribution in [0.4, 0.5) is 11.4 Å². The molecule has 0 aromatic heterocycles. The molecule has 0 radical (unpaired) electrons. The summed E-state index contributed by atoms with van der Waals surface area (Å²) in [6.45, 7) is 0. The minimum atomic E-state index is -0.434. The number of nitrogen functional groups attached to an aromatic ring is 1. The fourth-order valence-electron chi connectivity index (χ4n) is 1.98. The maximum Gasteiger partial charge on any atom is 0.296 e. The van der Waals surface area contributed by atoms with E-state index in [-0.39, 0.29) is 17.4 Å². The summed E-state index contributed by atoms with van der Waals surface area (Å²) in [5, 5.41) is 10.9. The van der Waals surface area contributed by atoms with E-state index in [1.54, 1.807) is 0 Å². The zero-order valence-corrected chi connectivity index (χ0v) is 9.45. The van der Waals surface area contributed by atoms with E-state index in [0.29, 0.717) is 22.9 Å². The van der Waals surface area contributed by atoms with Crippen molar-refractivity contribution in [2.75, 3.05) is 5.73 Å². The zero-order chi connectivity index (χ0) is 11.2. The Balaban J connectivity index is 2.67. The lowest BCUT2D eigenvalue weighted by atomic mass is 10.1. The molecule has 0 heterocycles. The van der Waals surface area contributed by atoms with Gasteiger partial charge >= 0.3 is 0 Å². The van der Waals surface area contributed by atoms with E-state index in [4.69, 9.17) is 11.5 Å². The molecule has 0 fully saturated rings. The van der Waals surface area contributed by atoms with Gasteiger partial charge in [0.2, 0.25) is 0 Å². The lowest BCUT2D eigenvalue weighted by Gasteiger charge is -2.05. The van der Waals surface area contributed by atoms with Crippen LogP contribution in [0, 0.1) is 10.1 Å². The molecule has 5 nitrogen and oxygen atoms in total. The smallest absolute Gasteiger partial charge is 0.296 e. The Labute approximate surface area is 94.7 Å². The number of nitrogens with two attached hydrogens (primary N) is 2. The highest BCUT2D eigenvalue weighted by atomic mass is 79.9. The van der Waals surface area contributed by atoms with Crippen LogP contribution in [0.25, 0.3) is 0 Å². The molecule has 80 valence electrons. The summed E-state index contributed by atoms with van der Waals surface area (Å²) in [4.78, 5) is 10.5. The first-order valence-electron chi connectivity index (χ1n) is 4.50. The second-order valence-electron chi connectivity index (χ2n) is 3.68. The molecule has 15 heavy (non-hydrogen) atoms. The summed E-state index contributed by atoms with van der Waals surface area (Å²) < 4.78 is 0.571. The molecule has 1 aliphatic rings. The third kappa shape index (κ3) is 1.59. The van der Waals surface area contributed by atoms with Crippen molar-refractivity contribution in [2.45, 2.75) is 18.9 Å². The lowest BCUT2D eigenvalue weighted by Crippen LogP contribution is -2.19. The zero-order valence-electron chi connectivity index (χ0n) is 7.87. The maximum atomic E-state index is 10.9. The maximum absolute atomic E-state index is 10.9. The predicted octanol–water partition coefficient (Wildman–Crippen LogP) is 1.37. The van der Waals surface area contributed by atoms with Crippen LogP contribution in [-0.2, 0) is 12.8 Å². The number of nitrogens with zero attached hydrogens (tertiary/aromatic N) is 1. The van der Waals surface area contributed by atoms with Crippen molar-refractivity contribution in [3.8, 4) is 0 Å². The van der Waals surface area contributed by atoms with E-state index in [2.05, 4.69) is 15.9 Å².